The van der Waals surface area contributed by atoms with Gasteiger partial charge in [0.1, 0.15) is 11.5 Å². The Bertz CT molecular complexity index is 559. The zero-order valence-electron chi connectivity index (χ0n) is 15.1. The SMILES string of the molecule is Cc1ccc(CN2CCC3(CC2)CC(CC(=O)NC(C)C)CO3)o1. The van der Waals surface area contributed by atoms with Gasteiger partial charge in [0.05, 0.1) is 18.8 Å². The monoisotopic (exact) mass is 334 g/mol. The first-order chi connectivity index (χ1) is 11.4. The van der Waals surface area contributed by atoms with Gasteiger partial charge in [0.25, 0.3) is 0 Å². The average Bonchev–Trinajstić information content (AvgIpc) is 3.08. The summed E-state index contributed by atoms with van der Waals surface area (Å²) in [7, 11) is 0. The molecular weight excluding hydrogens is 304 g/mol. The third-order valence-electron chi connectivity index (χ3n) is 5.15. The molecular formula is C19H30N2O3. The smallest absolute Gasteiger partial charge is 0.220 e. The molecule has 1 unspecified atom stereocenters. The summed E-state index contributed by atoms with van der Waals surface area (Å²) in [5.41, 5.74) is -0.00163. The number of ether oxygens (including phenoxy) is 1. The fourth-order valence-electron chi connectivity index (χ4n) is 3.97. The summed E-state index contributed by atoms with van der Waals surface area (Å²) in [6, 6.07) is 4.30. The van der Waals surface area contributed by atoms with Crippen LogP contribution in [0.4, 0.5) is 0 Å². The molecule has 5 heteroatoms. The number of carbonyl (C=O) groups is 1. The van der Waals surface area contributed by atoms with Crippen LogP contribution >= 0.6 is 0 Å². The average molecular weight is 334 g/mol. The predicted octanol–water partition coefficient (Wildman–Crippen LogP) is 2.87. The highest BCUT2D eigenvalue weighted by Gasteiger charge is 2.43. The van der Waals surface area contributed by atoms with Gasteiger partial charge in [-0.05, 0) is 58.1 Å². The molecule has 1 amide bonds. The van der Waals surface area contributed by atoms with E-state index in [4.69, 9.17) is 9.15 Å². The van der Waals surface area contributed by atoms with Gasteiger partial charge in [0.2, 0.25) is 5.91 Å². The Labute approximate surface area is 144 Å². The maximum absolute atomic E-state index is 12.0. The van der Waals surface area contributed by atoms with E-state index >= 15 is 0 Å². The van der Waals surface area contributed by atoms with Gasteiger partial charge >= 0.3 is 0 Å². The van der Waals surface area contributed by atoms with Crippen LogP contribution in [0.15, 0.2) is 16.5 Å². The summed E-state index contributed by atoms with van der Waals surface area (Å²) < 4.78 is 11.9. The fourth-order valence-corrected chi connectivity index (χ4v) is 3.97. The molecule has 0 aliphatic carbocycles. The Morgan fingerprint density at radius 1 is 1.38 bits per heavy atom. The van der Waals surface area contributed by atoms with Crippen LogP contribution in [-0.2, 0) is 16.1 Å². The van der Waals surface area contributed by atoms with Crippen LogP contribution < -0.4 is 5.32 Å². The molecule has 1 aromatic heterocycles. The molecule has 2 saturated heterocycles. The van der Waals surface area contributed by atoms with E-state index in [1.807, 2.05) is 26.8 Å². The molecule has 3 heterocycles. The zero-order valence-corrected chi connectivity index (χ0v) is 15.1. The molecule has 1 spiro atoms. The Kier molecular flexibility index (Phi) is 5.30. The minimum absolute atomic E-state index is 0.00163. The lowest BCUT2D eigenvalue weighted by molar-refractivity contribution is -0.122. The van der Waals surface area contributed by atoms with Gasteiger partial charge < -0.3 is 14.5 Å². The van der Waals surface area contributed by atoms with E-state index in [0.29, 0.717) is 12.3 Å². The number of rotatable bonds is 5. The molecule has 1 N–H and O–H groups in total. The number of aryl methyl sites for hydroxylation is 1. The molecule has 0 bridgehead atoms. The molecule has 2 aliphatic rings. The molecule has 134 valence electrons. The fraction of sp³-hybridized carbons (Fsp3) is 0.737. The first kappa shape index (κ1) is 17.5. The van der Waals surface area contributed by atoms with Gasteiger partial charge in [0.15, 0.2) is 0 Å². The van der Waals surface area contributed by atoms with Crippen LogP contribution in [0.25, 0.3) is 0 Å². The summed E-state index contributed by atoms with van der Waals surface area (Å²) >= 11 is 0. The first-order valence-corrected chi connectivity index (χ1v) is 9.15. The van der Waals surface area contributed by atoms with E-state index in [9.17, 15) is 4.79 Å². The van der Waals surface area contributed by atoms with Crippen LogP contribution in [0.1, 0.15) is 51.1 Å². The van der Waals surface area contributed by atoms with Crippen molar-refractivity contribution < 1.29 is 13.9 Å². The highest BCUT2D eigenvalue weighted by molar-refractivity contribution is 5.76. The van der Waals surface area contributed by atoms with Crippen molar-refractivity contribution in [2.24, 2.45) is 5.92 Å². The summed E-state index contributed by atoms with van der Waals surface area (Å²) in [5.74, 6) is 2.53. The van der Waals surface area contributed by atoms with Gasteiger partial charge in [-0.1, -0.05) is 0 Å². The van der Waals surface area contributed by atoms with Gasteiger partial charge in [-0.2, -0.15) is 0 Å². The molecule has 24 heavy (non-hydrogen) atoms. The van der Waals surface area contributed by atoms with E-state index in [1.54, 1.807) is 0 Å². The van der Waals surface area contributed by atoms with Crippen LogP contribution in [0.5, 0.6) is 0 Å². The van der Waals surface area contributed by atoms with Crippen molar-refractivity contribution in [1.29, 1.82) is 0 Å². The highest BCUT2D eigenvalue weighted by atomic mass is 16.5. The van der Waals surface area contributed by atoms with Crippen molar-refractivity contribution in [3.05, 3.63) is 23.7 Å². The highest BCUT2D eigenvalue weighted by Crippen LogP contribution is 2.40. The third-order valence-corrected chi connectivity index (χ3v) is 5.15. The van der Waals surface area contributed by atoms with Crippen LogP contribution in [0.3, 0.4) is 0 Å². The lowest BCUT2D eigenvalue weighted by Crippen LogP contribution is -2.43. The largest absolute Gasteiger partial charge is 0.465 e. The number of nitrogens with zero attached hydrogens (tertiary/aromatic N) is 1. The standard InChI is InChI=1S/C19H30N2O3/c1-14(2)20-18(22)10-16-11-19(23-13-16)6-8-21(9-7-19)12-17-5-4-15(3)24-17/h4-5,14,16H,6-13H2,1-3H3,(H,20,22). The van der Waals surface area contributed by atoms with Gasteiger partial charge in [-0.25, -0.2) is 0 Å². The maximum Gasteiger partial charge on any atom is 0.220 e. The number of hydrogen-bond donors (Lipinski definition) is 1. The molecule has 0 radical (unpaired) electrons. The summed E-state index contributed by atoms with van der Waals surface area (Å²) in [4.78, 5) is 14.4. The molecule has 0 aromatic carbocycles. The zero-order chi connectivity index (χ0) is 17.2. The van der Waals surface area contributed by atoms with E-state index in [-0.39, 0.29) is 17.6 Å². The second-order valence-electron chi connectivity index (χ2n) is 7.78. The molecule has 5 nitrogen and oxygen atoms in total. The third kappa shape index (κ3) is 4.39. The van der Waals surface area contributed by atoms with Crippen LogP contribution in [0.2, 0.25) is 0 Å². The second kappa shape index (κ2) is 7.28. The minimum Gasteiger partial charge on any atom is -0.465 e. The number of amides is 1. The summed E-state index contributed by atoms with van der Waals surface area (Å²) in [6.07, 6.45) is 3.71. The Hall–Kier alpha value is -1.33. The molecule has 3 rings (SSSR count). The van der Waals surface area contributed by atoms with E-state index in [1.165, 1.54) is 0 Å². The molecule has 2 aliphatic heterocycles. The van der Waals surface area contributed by atoms with Crippen LogP contribution in [0, 0.1) is 12.8 Å². The lowest BCUT2D eigenvalue weighted by Gasteiger charge is -2.38. The lowest BCUT2D eigenvalue weighted by atomic mass is 9.84. The number of carbonyl (C=O) groups excluding carboxylic acids is 1. The summed E-state index contributed by atoms with van der Waals surface area (Å²) in [5, 5.41) is 2.98. The molecule has 1 atom stereocenters. The number of piperidine rings is 1. The summed E-state index contributed by atoms with van der Waals surface area (Å²) in [6.45, 7) is 9.65. The maximum atomic E-state index is 12.0. The number of likely N-dealkylation sites (tertiary alicyclic amines) is 1. The van der Waals surface area contributed by atoms with E-state index < -0.39 is 0 Å². The van der Waals surface area contributed by atoms with Crippen molar-refractivity contribution in [2.75, 3.05) is 19.7 Å². The van der Waals surface area contributed by atoms with Gasteiger partial charge in [-0.3, -0.25) is 9.69 Å². The van der Waals surface area contributed by atoms with Crippen molar-refractivity contribution in [3.8, 4) is 0 Å². The Morgan fingerprint density at radius 2 is 2.12 bits per heavy atom. The predicted molar refractivity (Wildman–Crippen MR) is 92.6 cm³/mol. The van der Waals surface area contributed by atoms with Crippen molar-refractivity contribution in [2.45, 2.75) is 64.6 Å². The van der Waals surface area contributed by atoms with Gasteiger partial charge in [-0.15, -0.1) is 0 Å². The second-order valence-corrected chi connectivity index (χ2v) is 7.78. The topological polar surface area (TPSA) is 54.7 Å². The van der Waals surface area contributed by atoms with E-state index in [2.05, 4.69) is 16.3 Å². The number of furan rings is 1. The van der Waals surface area contributed by atoms with Crippen molar-refractivity contribution in [1.82, 2.24) is 10.2 Å². The normalized spacial score (nSPS) is 23.9. The number of hydrogen-bond acceptors (Lipinski definition) is 4. The Morgan fingerprint density at radius 3 is 2.75 bits per heavy atom. The van der Waals surface area contributed by atoms with Crippen molar-refractivity contribution in [3.63, 3.8) is 0 Å². The quantitative estimate of drug-likeness (QED) is 0.899. The van der Waals surface area contributed by atoms with Crippen LogP contribution in [-0.4, -0.2) is 42.1 Å². The Balaban J connectivity index is 1.45. The van der Waals surface area contributed by atoms with Crippen molar-refractivity contribution >= 4 is 5.91 Å². The molecule has 1 aromatic rings. The number of nitrogens with one attached hydrogen (secondary N) is 1. The molecule has 0 saturated carbocycles. The van der Waals surface area contributed by atoms with E-state index in [0.717, 1.165) is 57.0 Å². The molecule has 2 fully saturated rings. The first-order valence-electron chi connectivity index (χ1n) is 9.15. The van der Waals surface area contributed by atoms with Gasteiger partial charge in [0, 0.05) is 25.6 Å². The minimum atomic E-state index is -0.00163.